The predicted molar refractivity (Wildman–Crippen MR) is 65.0 cm³/mol. The van der Waals surface area contributed by atoms with Crippen molar-refractivity contribution in [1.29, 1.82) is 0 Å². The molecule has 0 aromatic heterocycles. The SMILES string of the molecule is CC(C)(C)OC(=O)NC1C[C@@H]2CC[C@H]1N2.Cl. The number of hydrogen-bond acceptors (Lipinski definition) is 3. The number of ether oxygens (including phenoxy) is 1. The molecule has 3 atom stereocenters. The van der Waals surface area contributed by atoms with Gasteiger partial charge in [-0.2, -0.15) is 0 Å². The number of carbonyl (C=O) groups excluding carboxylic acids is 1. The minimum atomic E-state index is -0.408. The van der Waals surface area contributed by atoms with Crippen LogP contribution < -0.4 is 10.6 Å². The summed E-state index contributed by atoms with van der Waals surface area (Å²) in [7, 11) is 0. The molecule has 2 aliphatic rings. The Bertz CT molecular complexity index is 265. The van der Waals surface area contributed by atoms with Crippen molar-refractivity contribution in [3.63, 3.8) is 0 Å². The average Bonchev–Trinajstić information content (AvgIpc) is 2.60. The molecule has 0 aromatic rings. The lowest BCUT2D eigenvalue weighted by Crippen LogP contribution is -2.45. The Hall–Kier alpha value is -0.480. The van der Waals surface area contributed by atoms with Gasteiger partial charge in [0.1, 0.15) is 5.60 Å². The number of halogens is 1. The molecule has 0 aliphatic carbocycles. The van der Waals surface area contributed by atoms with Crippen LogP contribution in [0.3, 0.4) is 0 Å². The molecule has 2 bridgehead atoms. The summed E-state index contributed by atoms with van der Waals surface area (Å²) in [6, 6.07) is 1.33. The molecule has 2 aliphatic heterocycles. The van der Waals surface area contributed by atoms with Crippen LogP contribution in [-0.4, -0.2) is 29.8 Å². The standard InChI is InChI=1S/C11H20N2O2.ClH/c1-11(2,3)15-10(14)13-9-6-7-4-5-8(9)12-7;/h7-9,12H,4-6H2,1-3H3,(H,13,14);1H/t7-,8+,9?;/m0./s1. The molecule has 5 heteroatoms. The van der Waals surface area contributed by atoms with Gasteiger partial charge in [-0.15, -0.1) is 12.4 Å². The van der Waals surface area contributed by atoms with Crippen LogP contribution in [0.1, 0.15) is 40.0 Å². The van der Waals surface area contributed by atoms with Crippen molar-refractivity contribution in [2.75, 3.05) is 0 Å². The van der Waals surface area contributed by atoms with Gasteiger partial charge in [-0.05, 0) is 40.0 Å². The number of rotatable bonds is 1. The van der Waals surface area contributed by atoms with Crippen molar-refractivity contribution >= 4 is 18.5 Å². The van der Waals surface area contributed by atoms with Gasteiger partial charge in [0.05, 0.1) is 0 Å². The van der Waals surface area contributed by atoms with Crippen molar-refractivity contribution in [3.8, 4) is 0 Å². The van der Waals surface area contributed by atoms with E-state index < -0.39 is 5.60 Å². The third kappa shape index (κ3) is 3.25. The zero-order valence-corrected chi connectivity index (χ0v) is 10.9. The van der Waals surface area contributed by atoms with E-state index in [-0.39, 0.29) is 24.5 Å². The van der Waals surface area contributed by atoms with E-state index in [0.717, 1.165) is 6.42 Å². The Labute approximate surface area is 103 Å². The predicted octanol–water partition coefficient (Wildman–Crippen LogP) is 1.83. The molecule has 4 nitrogen and oxygen atoms in total. The van der Waals surface area contributed by atoms with E-state index in [9.17, 15) is 4.79 Å². The summed E-state index contributed by atoms with van der Waals surface area (Å²) in [6.07, 6.45) is 3.17. The van der Waals surface area contributed by atoms with Gasteiger partial charge >= 0.3 is 6.09 Å². The summed E-state index contributed by atoms with van der Waals surface area (Å²) in [5, 5.41) is 6.42. The van der Waals surface area contributed by atoms with Crippen LogP contribution in [0.25, 0.3) is 0 Å². The summed E-state index contributed by atoms with van der Waals surface area (Å²) in [6.45, 7) is 5.64. The summed E-state index contributed by atoms with van der Waals surface area (Å²) < 4.78 is 5.23. The van der Waals surface area contributed by atoms with Gasteiger partial charge in [0.25, 0.3) is 0 Å². The van der Waals surface area contributed by atoms with E-state index in [1.54, 1.807) is 0 Å². The van der Waals surface area contributed by atoms with Crippen LogP contribution in [0.2, 0.25) is 0 Å². The number of nitrogens with one attached hydrogen (secondary N) is 2. The van der Waals surface area contributed by atoms with Gasteiger partial charge in [-0.25, -0.2) is 4.79 Å². The molecule has 2 fully saturated rings. The highest BCUT2D eigenvalue weighted by Gasteiger charge is 2.40. The van der Waals surface area contributed by atoms with Gasteiger partial charge in [0.2, 0.25) is 0 Å². The van der Waals surface area contributed by atoms with Crippen LogP contribution >= 0.6 is 12.4 Å². The zero-order valence-electron chi connectivity index (χ0n) is 10.1. The number of alkyl carbamates (subject to hydrolysis) is 1. The van der Waals surface area contributed by atoms with Gasteiger partial charge < -0.3 is 15.4 Å². The smallest absolute Gasteiger partial charge is 0.407 e. The van der Waals surface area contributed by atoms with Gasteiger partial charge in [-0.1, -0.05) is 0 Å². The Morgan fingerprint density at radius 1 is 1.38 bits per heavy atom. The highest BCUT2D eigenvalue weighted by molar-refractivity contribution is 5.85. The fourth-order valence-corrected chi connectivity index (χ4v) is 2.44. The number of hydrogen-bond donors (Lipinski definition) is 2. The minimum Gasteiger partial charge on any atom is -0.444 e. The van der Waals surface area contributed by atoms with Crippen molar-refractivity contribution in [3.05, 3.63) is 0 Å². The molecule has 2 saturated heterocycles. The molecule has 16 heavy (non-hydrogen) atoms. The third-order valence-electron chi connectivity index (χ3n) is 3.00. The molecule has 0 saturated carbocycles. The highest BCUT2D eigenvalue weighted by atomic mass is 35.5. The second-order valence-electron chi connectivity index (χ2n) is 5.54. The molecular formula is C11H21ClN2O2. The first-order chi connectivity index (χ1) is 6.94. The van der Waals surface area contributed by atoms with E-state index >= 15 is 0 Å². The van der Waals surface area contributed by atoms with Crippen molar-refractivity contribution in [2.24, 2.45) is 0 Å². The topological polar surface area (TPSA) is 50.4 Å². The van der Waals surface area contributed by atoms with Crippen molar-refractivity contribution in [2.45, 2.75) is 63.8 Å². The number of carbonyl (C=O) groups is 1. The van der Waals surface area contributed by atoms with E-state index in [1.165, 1.54) is 12.8 Å². The van der Waals surface area contributed by atoms with Crippen LogP contribution in [0, 0.1) is 0 Å². The largest absolute Gasteiger partial charge is 0.444 e. The van der Waals surface area contributed by atoms with Crippen LogP contribution in [-0.2, 0) is 4.74 Å². The zero-order chi connectivity index (χ0) is 11.1. The number of fused-ring (bicyclic) bond motifs is 2. The average molecular weight is 249 g/mol. The molecule has 94 valence electrons. The molecular weight excluding hydrogens is 228 g/mol. The third-order valence-corrected chi connectivity index (χ3v) is 3.00. The van der Waals surface area contributed by atoms with Gasteiger partial charge in [-0.3, -0.25) is 0 Å². The molecule has 2 N–H and O–H groups in total. The second-order valence-corrected chi connectivity index (χ2v) is 5.54. The van der Waals surface area contributed by atoms with Gasteiger partial charge in [0, 0.05) is 18.1 Å². The molecule has 1 amide bonds. The highest BCUT2D eigenvalue weighted by Crippen LogP contribution is 2.28. The second kappa shape index (κ2) is 4.80. The summed E-state index contributed by atoms with van der Waals surface area (Å²) >= 11 is 0. The lowest BCUT2D eigenvalue weighted by molar-refractivity contribution is 0.0497. The van der Waals surface area contributed by atoms with E-state index in [2.05, 4.69) is 10.6 Å². The first-order valence-electron chi connectivity index (χ1n) is 5.69. The molecule has 0 radical (unpaired) electrons. The Morgan fingerprint density at radius 2 is 2.06 bits per heavy atom. The number of amides is 1. The summed E-state index contributed by atoms with van der Waals surface area (Å²) in [5.41, 5.74) is -0.408. The summed E-state index contributed by atoms with van der Waals surface area (Å²) in [5.74, 6) is 0. The lowest BCUT2D eigenvalue weighted by atomic mass is 9.96. The Morgan fingerprint density at radius 3 is 2.50 bits per heavy atom. The molecule has 1 unspecified atom stereocenters. The maximum atomic E-state index is 11.5. The maximum Gasteiger partial charge on any atom is 0.407 e. The van der Waals surface area contributed by atoms with E-state index in [4.69, 9.17) is 4.74 Å². The van der Waals surface area contributed by atoms with E-state index in [1.807, 2.05) is 20.8 Å². The van der Waals surface area contributed by atoms with Crippen LogP contribution in [0.4, 0.5) is 4.79 Å². The Balaban J connectivity index is 0.00000128. The first-order valence-corrected chi connectivity index (χ1v) is 5.69. The first kappa shape index (κ1) is 13.6. The molecule has 2 rings (SSSR count). The minimum absolute atomic E-state index is 0. The van der Waals surface area contributed by atoms with E-state index in [0.29, 0.717) is 12.1 Å². The normalized spacial score (nSPS) is 32.1. The van der Waals surface area contributed by atoms with Crippen molar-refractivity contribution in [1.82, 2.24) is 10.6 Å². The monoisotopic (exact) mass is 248 g/mol. The fourth-order valence-electron chi connectivity index (χ4n) is 2.44. The fraction of sp³-hybridized carbons (Fsp3) is 0.909. The Kier molecular flexibility index (Phi) is 4.07. The molecule has 0 aromatic carbocycles. The van der Waals surface area contributed by atoms with Crippen LogP contribution in [0.15, 0.2) is 0 Å². The van der Waals surface area contributed by atoms with Crippen LogP contribution in [0.5, 0.6) is 0 Å². The maximum absolute atomic E-state index is 11.5. The van der Waals surface area contributed by atoms with Gasteiger partial charge in [0.15, 0.2) is 0 Å². The molecule has 0 spiro atoms. The molecule has 2 heterocycles. The lowest BCUT2D eigenvalue weighted by Gasteiger charge is -2.25. The van der Waals surface area contributed by atoms with Crippen molar-refractivity contribution < 1.29 is 9.53 Å². The quantitative estimate of drug-likeness (QED) is 0.744. The summed E-state index contributed by atoms with van der Waals surface area (Å²) in [4.78, 5) is 11.5.